The lowest BCUT2D eigenvalue weighted by molar-refractivity contribution is 0.204. The number of nitrogens with one attached hydrogen (secondary N) is 1. The molecule has 1 aromatic carbocycles. The van der Waals surface area contributed by atoms with E-state index in [0.717, 1.165) is 17.7 Å². The van der Waals surface area contributed by atoms with Gasteiger partial charge >= 0.3 is 7.59 Å². The van der Waals surface area contributed by atoms with E-state index in [9.17, 15) is 4.57 Å². The van der Waals surface area contributed by atoms with Crippen molar-refractivity contribution in [1.29, 1.82) is 0 Å². The maximum Gasteiger partial charge on any atom is 0.307 e. The fourth-order valence-corrected chi connectivity index (χ4v) is 3.53. The highest BCUT2D eigenvalue weighted by atomic mass is 31.2. The van der Waals surface area contributed by atoms with Gasteiger partial charge in [0.05, 0.1) is 0 Å². The molecule has 0 aliphatic carbocycles. The van der Waals surface area contributed by atoms with E-state index < -0.39 is 7.59 Å². The molecule has 0 saturated heterocycles. The van der Waals surface area contributed by atoms with E-state index in [1.54, 1.807) is 16.5 Å². The number of hydrogen-bond donors (Lipinski definition) is 1. The molecule has 0 aliphatic heterocycles. The molecule has 21 heavy (non-hydrogen) atoms. The van der Waals surface area contributed by atoms with E-state index >= 15 is 0 Å². The minimum atomic E-state index is -2.83. The molecule has 0 amide bonds. The molecule has 1 N–H and O–H groups in total. The van der Waals surface area contributed by atoms with Gasteiger partial charge in [0.25, 0.3) is 0 Å². The minimum absolute atomic E-state index is 0.631. The monoisotopic (exact) mass is 311 g/mol. The van der Waals surface area contributed by atoms with Crippen LogP contribution in [0.5, 0.6) is 0 Å². The molecule has 0 radical (unpaired) electrons. The summed E-state index contributed by atoms with van der Waals surface area (Å²) in [6, 6.07) is 9.91. The number of methoxy groups -OCH3 is 1. The molecule has 0 unspecified atom stereocenters. The lowest BCUT2D eigenvalue weighted by atomic mass is 10.1. The summed E-state index contributed by atoms with van der Waals surface area (Å²) in [7, 11) is 6.09. The summed E-state index contributed by atoms with van der Waals surface area (Å²) in [5, 5.41) is 3.22. The van der Waals surface area contributed by atoms with Crippen LogP contribution in [-0.2, 0) is 9.30 Å². The van der Waals surface area contributed by atoms with E-state index in [-0.39, 0.29) is 0 Å². The van der Waals surface area contributed by atoms with E-state index in [4.69, 9.17) is 4.74 Å². The van der Waals surface area contributed by atoms with E-state index in [0.29, 0.717) is 6.61 Å². The molecular formula is C15H26N3O2P. The number of nitrogens with zero attached hydrogens (tertiary/aromatic N) is 2. The Hall–Kier alpha value is -1.13. The predicted octanol–water partition coefficient (Wildman–Crippen LogP) is 2.88. The molecule has 1 rings (SSSR count). The third-order valence-electron chi connectivity index (χ3n) is 3.11. The summed E-state index contributed by atoms with van der Waals surface area (Å²) >= 11 is 0. The zero-order valence-corrected chi connectivity index (χ0v) is 14.4. The van der Waals surface area contributed by atoms with Crippen LogP contribution >= 0.6 is 7.59 Å². The van der Waals surface area contributed by atoms with Crippen LogP contribution in [0.25, 0.3) is 5.70 Å². The average Bonchev–Trinajstić information content (AvgIpc) is 2.46. The largest absolute Gasteiger partial charge is 0.384 e. The van der Waals surface area contributed by atoms with Gasteiger partial charge in [0.1, 0.15) is 0 Å². The van der Waals surface area contributed by atoms with Gasteiger partial charge in [-0.05, 0) is 40.2 Å². The van der Waals surface area contributed by atoms with Crippen LogP contribution in [0, 0.1) is 0 Å². The third kappa shape index (κ3) is 4.97. The van der Waals surface area contributed by atoms with Crippen LogP contribution in [0.4, 0.5) is 0 Å². The SMILES string of the molecule is COCC/C=C(\NP(=O)(N(C)C)N(C)C)c1ccccc1. The first-order valence-electron chi connectivity index (χ1n) is 6.90. The second kappa shape index (κ2) is 8.35. The lowest BCUT2D eigenvalue weighted by Gasteiger charge is -2.32. The van der Waals surface area contributed by atoms with Crippen LogP contribution < -0.4 is 5.09 Å². The lowest BCUT2D eigenvalue weighted by Crippen LogP contribution is -2.30. The van der Waals surface area contributed by atoms with E-state index in [2.05, 4.69) is 5.09 Å². The van der Waals surface area contributed by atoms with Crippen molar-refractivity contribution in [2.24, 2.45) is 0 Å². The molecule has 1 aromatic rings. The summed E-state index contributed by atoms with van der Waals surface area (Å²) in [4.78, 5) is 0. The number of ether oxygens (including phenoxy) is 1. The molecule has 5 nitrogen and oxygen atoms in total. The van der Waals surface area contributed by atoms with Crippen LogP contribution in [0.3, 0.4) is 0 Å². The Kier molecular flexibility index (Phi) is 7.12. The van der Waals surface area contributed by atoms with Crippen molar-refractivity contribution in [2.75, 3.05) is 41.9 Å². The molecule has 0 heterocycles. The minimum Gasteiger partial charge on any atom is -0.384 e. The van der Waals surface area contributed by atoms with Crippen molar-refractivity contribution >= 4 is 13.3 Å². The molecular weight excluding hydrogens is 285 g/mol. The first-order chi connectivity index (χ1) is 9.91. The highest BCUT2D eigenvalue weighted by molar-refractivity contribution is 7.57. The molecule has 0 spiro atoms. The fourth-order valence-electron chi connectivity index (χ4n) is 1.88. The maximum atomic E-state index is 13.1. The summed E-state index contributed by atoms with van der Waals surface area (Å²) in [5.41, 5.74) is 1.87. The second-order valence-corrected chi connectivity index (χ2v) is 8.03. The smallest absolute Gasteiger partial charge is 0.307 e. The van der Waals surface area contributed by atoms with Crippen molar-refractivity contribution in [3.8, 4) is 0 Å². The molecule has 0 saturated carbocycles. The standard InChI is InChI=1S/C15H26N3O2P/c1-17(2)21(19,18(3)4)16-15(12-9-13-20-5)14-10-7-6-8-11-14/h6-8,10-12H,9,13H2,1-5H3,(H,16,19)/b15-12-. The van der Waals surface area contributed by atoms with E-state index in [1.165, 1.54) is 0 Å². The van der Waals surface area contributed by atoms with Gasteiger partial charge in [-0.1, -0.05) is 36.4 Å². The van der Waals surface area contributed by atoms with Crippen molar-refractivity contribution in [1.82, 2.24) is 14.4 Å². The van der Waals surface area contributed by atoms with Gasteiger partial charge in [0.15, 0.2) is 0 Å². The molecule has 118 valence electrons. The van der Waals surface area contributed by atoms with Crippen LogP contribution in [0.1, 0.15) is 12.0 Å². The average molecular weight is 311 g/mol. The molecule has 0 bridgehead atoms. The Labute approximate surface area is 128 Å². The molecule has 6 heteroatoms. The van der Waals surface area contributed by atoms with Gasteiger partial charge in [-0.15, -0.1) is 0 Å². The number of benzene rings is 1. The normalized spacial score (nSPS) is 13.0. The van der Waals surface area contributed by atoms with Crippen molar-refractivity contribution in [2.45, 2.75) is 6.42 Å². The number of rotatable bonds is 8. The summed E-state index contributed by atoms with van der Waals surface area (Å²) in [5.74, 6) is 0. The molecule has 0 fully saturated rings. The van der Waals surface area contributed by atoms with Crippen LogP contribution in [0.2, 0.25) is 0 Å². The quantitative estimate of drug-likeness (QED) is 0.591. The summed E-state index contributed by atoms with van der Waals surface area (Å²) in [6.45, 7) is 0.631. The summed E-state index contributed by atoms with van der Waals surface area (Å²) in [6.07, 6.45) is 2.78. The van der Waals surface area contributed by atoms with Gasteiger partial charge in [0, 0.05) is 19.4 Å². The topological polar surface area (TPSA) is 44.8 Å². The first-order valence-corrected chi connectivity index (χ1v) is 8.51. The Morgan fingerprint density at radius 1 is 1.19 bits per heavy atom. The third-order valence-corrected chi connectivity index (χ3v) is 5.81. The predicted molar refractivity (Wildman–Crippen MR) is 89.0 cm³/mol. The highest BCUT2D eigenvalue weighted by Crippen LogP contribution is 2.47. The van der Waals surface area contributed by atoms with Crippen molar-refractivity contribution in [3.63, 3.8) is 0 Å². The molecule has 0 atom stereocenters. The second-order valence-electron chi connectivity index (χ2n) is 5.12. The Morgan fingerprint density at radius 3 is 2.24 bits per heavy atom. The number of hydrogen-bond acceptors (Lipinski definition) is 2. The van der Waals surface area contributed by atoms with Gasteiger partial charge in [-0.2, -0.15) is 0 Å². The Bertz CT molecular complexity index is 489. The van der Waals surface area contributed by atoms with Crippen molar-refractivity contribution in [3.05, 3.63) is 42.0 Å². The van der Waals surface area contributed by atoms with Gasteiger partial charge in [0.2, 0.25) is 0 Å². The highest BCUT2D eigenvalue weighted by Gasteiger charge is 2.28. The Balaban J connectivity index is 3.08. The zero-order valence-electron chi connectivity index (χ0n) is 13.5. The zero-order chi connectivity index (χ0) is 15.9. The van der Waals surface area contributed by atoms with Crippen LogP contribution in [0.15, 0.2) is 36.4 Å². The van der Waals surface area contributed by atoms with Gasteiger partial charge in [-0.25, -0.2) is 9.34 Å². The molecule has 0 aromatic heterocycles. The van der Waals surface area contributed by atoms with Gasteiger partial charge < -0.3 is 9.82 Å². The summed E-state index contributed by atoms with van der Waals surface area (Å²) < 4.78 is 21.6. The first kappa shape index (κ1) is 17.9. The molecule has 0 aliphatic rings. The van der Waals surface area contributed by atoms with E-state index in [1.807, 2.05) is 64.6 Å². The maximum absolute atomic E-state index is 13.1. The Morgan fingerprint density at radius 2 is 1.76 bits per heavy atom. The van der Waals surface area contributed by atoms with Crippen molar-refractivity contribution < 1.29 is 9.30 Å². The fraction of sp³-hybridized carbons (Fsp3) is 0.467. The van der Waals surface area contributed by atoms with Crippen LogP contribution in [-0.4, -0.2) is 51.2 Å². The van der Waals surface area contributed by atoms with Gasteiger partial charge in [-0.3, -0.25) is 4.57 Å².